The Morgan fingerprint density at radius 1 is 0.966 bits per heavy atom. The summed E-state index contributed by atoms with van der Waals surface area (Å²) in [5, 5.41) is 0.788. The van der Waals surface area contributed by atoms with E-state index in [-0.39, 0.29) is 29.1 Å². The van der Waals surface area contributed by atoms with Gasteiger partial charge in [-0.05, 0) is 31.0 Å². The molecule has 0 unspecified atom stereocenters. The molecule has 154 valence electrons. The van der Waals surface area contributed by atoms with Gasteiger partial charge < -0.3 is 9.15 Å². The Morgan fingerprint density at radius 3 is 2.38 bits per heavy atom. The van der Waals surface area contributed by atoms with Crippen LogP contribution in [-0.2, 0) is 6.18 Å². The Kier molecular flexibility index (Phi) is 7.00. The smallest absolute Gasteiger partial charge is 0.416 e. The lowest BCUT2D eigenvalue weighted by molar-refractivity contribution is -0.137. The monoisotopic (exact) mass is 468 g/mol. The highest BCUT2D eigenvalue weighted by Gasteiger charge is 2.31. The van der Waals surface area contributed by atoms with Crippen molar-refractivity contribution in [3.05, 3.63) is 64.3 Å². The van der Waals surface area contributed by atoms with E-state index in [2.05, 4.69) is 15.9 Å². The highest BCUT2D eigenvalue weighted by atomic mass is 79.9. The van der Waals surface area contributed by atoms with Crippen LogP contribution in [0.1, 0.15) is 31.2 Å². The number of ether oxygens (including phenoxy) is 1. The van der Waals surface area contributed by atoms with Crippen LogP contribution in [0, 0.1) is 0 Å². The first-order valence-corrected chi connectivity index (χ1v) is 10.5. The Labute approximate surface area is 174 Å². The summed E-state index contributed by atoms with van der Waals surface area (Å²) in [4.78, 5) is 13.0. The maximum absolute atomic E-state index is 13.1. The summed E-state index contributed by atoms with van der Waals surface area (Å²) in [5.74, 6) is 0.173. The fraction of sp³-hybridized carbons (Fsp3) is 0.318. The zero-order chi connectivity index (χ0) is 20.9. The first-order valence-electron chi connectivity index (χ1n) is 9.34. The molecule has 0 aliphatic heterocycles. The molecule has 3 rings (SSSR count). The van der Waals surface area contributed by atoms with Gasteiger partial charge in [0, 0.05) is 10.9 Å². The van der Waals surface area contributed by atoms with E-state index in [1.54, 1.807) is 24.3 Å². The number of hydrogen-bond acceptors (Lipinski definition) is 3. The van der Waals surface area contributed by atoms with E-state index in [9.17, 15) is 18.0 Å². The van der Waals surface area contributed by atoms with E-state index in [0.717, 1.165) is 43.1 Å². The van der Waals surface area contributed by atoms with Gasteiger partial charge in [0.1, 0.15) is 5.58 Å². The van der Waals surface area contributed by atoms with Gasteiger partial charge in [-0.25, -0.2) is 0 Å². The van der Waals surface area contributed by atoms with Crippen LogP contribution in [0.2, 0.25) is 0 Å². The molecule has 1 aromatic heterocycles. The van der Waals surface area contributed by atoms with Crippen molar-refractivity contribution in [3.63, 3.8) is 0 Å². The minimum Gasteiger partial charge on any atom is -0.486 e. The lowest BCUT2D eigenvalue weighted by atomic mass is 10.1. The van der Waals surface area contributed by atoms with Gasteiger partial charge in [-0.2, -0.15) is 13.2 Å². The topological polar surface area (TPSA) is 39.4 Å². The first-order chi connectivity index (χ1) is 13.9. The van der Waals surface area contributed by atoms with Crippen LogP contribution in [0.5, 0.6) is 5.75 Å². The van der Waals surface area contributed by atoms with Crippen LogP contribution in [0.25, 0.3) is 22.3 Å². The van der Waals surface area contributed by atoms with E-state index in [0.29, 0.717) is 5.56 Å². The third-order valence-electron chi connectivity index (χ3n) is 4.49. The molecular formula is C22H20BrF3O3. The highest BCUT2D eigenvalue weighted by molar-refractivity contribution is 9.09. The lowest BCUT2D eigenvalue weighted by Gasteiger charge is -2.13. The average molecular weight is 469 g/mol. The van der Waals surface area contributed by atoms with Crippen LogP contribution in [0.3, 0.4) is 0 Å². The van der Waals surface area contributed by atoms with Crippen molar-refractivity contribution in [2.45, 2.75) is 31.9 Å². The van der Waals surface area contributed by atoms with Crippen molar-refractivity contribution >= 4 is 26.9 Å². The molecule has 0 amide bonds. The fourth-order valence-corrected chi connectivity index (χ4v) is 3.39. The predicted molar refractivity (Wildman–Crippen MR) is 111 cm³/mol. The molecule has 0 saturated carbocycles. The predicted octanol–water partition coefficient (Wildman–Crippen LogP) is 6.81. The van der Waals surface area contributed by atoms with Crippen molar-refractivity contribution in [2.75, 3.05) is 11.9 Å². The number of unbranched alkanes of at least 4 members (excludes halogenated alkanes) is 3. The van der Waals surface area contributed by atoms with Crippen LogP contribution in [0.4, 0.5) is 13.2 Å². The molecule has 7 heteroatoms. The SMILES string of the molecule is O=c1c(OCCCCCCBr)c(-c2ccccc2)oc2ccc(C(F)(F)F)cc12. The summed E-state index contributed by atoms with van der Waals surface area (Å²) >= 11 is 3.38. The van der Waals surface area contributed by atoms with Crippen molar-refractivity contribution in [3.8, 4) is 17.1 Å². The van der Waals surface area contributed by atoms with Gasteiger partial charge in [-0.1, -0.05) is 59.1 Å². The fourth-order valence-electron chi connectivity index (χ4n) is 2.99. The lowest BCUT2D eigenvalue weighted by Crippen LogP contribution is -2.13. The number of alkyl halides is 4. The van der Waals surface area contributed by atoms with Crippen LogP contribution in [-0.4, -0.2) is 11.9 Å². The van der Waals surface area contributed by atoms with Crippen molar-refractivity contribution < 1.29 is 22.3 Å². The molecule has 0 fully saturated rings. The molecule has 0 spiro atoms. The van der Waals surface area contributed by atoms with Gasteiger partial charge in [0.05, 0.1) is 17.6 Å². The third kappa shape index (κ3) is 5.21. The second-order valence-electron chi connectivity index (χ2n) is 6.62. The largest absolute Gasteiger partial charge is 0.486 e. The molecule has 0 aliphatic rings. The zero-order valence-corrected chi connectivity index (χ0v) is 17.2. The van der Waals surface area contributed by atoms with Crippen LogP contribution < -0.4 is 10.2 Å². The Hall–Kier alpha value is -2.28. The van der Waals surface area contributed by atoms with Crippen LogP contribution in [0.15, 0.2) is 57.7 Å². The standard InChI is InChI=1S/C22H20BrF3O3/c23-12-6-1-2-7-13-28-21-19(27)17-14-16(22(24,25)26)10-11-18(17)29-20(21)15-8-4-3-5-9-15/h3-5,8-11,14H,1-2,6-7,12-13H2. The summed E-state index contributed by atoms with van der Waals surface area (Å²) in [7, 11) is 0. The second-order valence-corrected chi connectivity index (χ2v) is 7.41. The molecular weight excluding hydrogens is 449 g/mol. The summed E-state index contributed by atoms with van der Waals surface area (Å²) < 4.78 is 50.8. The number of rotatable bonds is 8. The maximum Gasteiger partial charge on any atom is 0.416 e. The summed E-state index contributed by atoms with van der Waals surface area (Å²) in [5.41, 5.74) is -0.783. The third-order valence-corrected chi connectivity index (χ3v) is 5.05. The number of fused-ring (bicyclic) bond motifs is 1. The van der Waals surface area contributed by atoms with Gasteiger partial charge in [-0.15, -0.1) is 0 Å². The van der Waals surface area contributed by atoms with E-state index < -0.39 is 17.2 Å². The minimum atomic E-state index is -4.55. The molecule has 0 radical (unpaired) electrons. The molecule has 3 aromatic rings. The highest BCUT2D eigenvalue weighted by Crippen LogP contribution is 2.34. The quantitative estimate of drug-likeness (QED) is 0.269. The maximum atomic E-state index is 13.1. The Balaban J connectivity index is 2.01. The molecule has 1 heterocycles. The molecule has 0 aliphatic carbocycles. The van der Waals surface area contributed by atoms with E-state index in [1.165, 1.54) is 6.07 Å². The normalized spacial score (nSPS) is 11.7. The van der Waals surface area contributed by atoms with Gasteiger partial charge in [-0.3, -0.25) is 4.79 Å². The average Bonchev–Trinajstić information content (AvgIpc) is 2.71. The number of hydrogen-bond donors (Lipinski definition) is 0. The molecule has 0 saturated heterocycles. The molecule has 0 atom stereocenters. The Bertz CT molecular complexity index is 1010. The minimum absolute atomic E-state index is 0.0523. The van der Waals surface area contributed by atoms with Gasteiger partial charge >= 0.3 is 6.18 Å². The molecule has 2 aromatic carbocycles. The summed E-state index contributed by atoms with van der Waals surface area (Å²) in [6.07, 6.45) is -0.797. The molecule has 0 bridgehead atoms. The van der Waals surface area contributed by atoms with E-state index >= 15 is 0 Å². The number of benzene rings is 2. The summed E-state index contributed by atoms with van der Waals surface area (Å²) in [6, 6.07) is 11.8. The molecule has 29 heavy (non-hydrogen) atoms. The zero-order valence-electron chi connectivity index (χ0n) is 15.6. The summed E-state index contributed by atoms with van der Waals surface area (Å²) in [6.45, 7) is 0.289. The van der Waals surface area contributed by atoms with Crippen LogP contribution >= 0.6 is 15.9 Å². The van der Waals surface area contributed by atoms with Gasteiger partial charge in [0.2, 0.25) is 11.2 Å². The second kappa shape index (κ2) is 9.48. The van der Waals surface area contributed by atoms with Crippen molar-refractivity contribution in [1.29, 1.82) is 0 Å². The van der Waals surface area contributed by atoms with Gasteiger partial charge in [0.25, 0.3) is 0 Å². The first kappa shape index (κ1) is 21.4. The molecule has 0 N–H and O–H groups in total. The van der Waals surface area contributed by atoms with E-state index in [1.807, 2.05) is 6.07 Å². The Morgan fingerprint density at radius 2 is 1.69 bits per heavy atom. The van der Waals surface area contributed by atoms with Crippen molar-refractivity contribution in [1.82, 2.24) is 0 Å². The number of halogens is 4. The molecule has 3 nitrogen and oxygen atoms in total. The van der Waals surface area contributed by atoms with E-state index in [4.69, 9.17) is 9.15 Å². The van der Waals surface area contributed by atoms with Crippen molar-refractivity contribution in [2.24, 2.45) is 0 Å². The van der Waals surface area contributed by atoms with Gasteiger partial charge in [0.15, 0.2) is 5.76 Å².